The van der Waals surface area contributed by atoms with Crippen LogP contribution in [0, 0.1) is 23.7 Å². The van der Waals surface area contributed by atoms with Gasteiger partial charge in [0.2, 0.25) is 5.69 Å². The molecule has 0 radical (unpaired) electrons. The first kappa shape index (κ1) is 28.4. The molecule has 222 valence electrons. The van der Waals surface area contributed by atoms with Gasteiger partial charge in [-0.2, -0.15) is 0 Å². The monoisotopic (exact) mass is 570 g/mol. The van der Waals surface area contributed by atoms with E-state index in [1.165, 1.54) is 97.9 Å². The zero-order valence-corrected chi connectivity index (χ0v) is 27.6. The molecule has 0 N–H and O–H groups in total. The molecule has 7 rings (SSSR count). The lowest BCUT2D eigenvalue weighted by Crippen LogP contribution is -2.32. The van der Waals surface area contributed by atoms with E-state index >= 15 is 0 Å². The zero-order valence-electron chi connectivity index (χ0n) is 27.6. The molecule has 1 aliphatic carbocycles. The van der Waals surface area contributed by atoms with Crippen molar-refractivity contribution in [2.45, 2.75) is 93.4 Å². The van der Waals surface area contributed by atoms with E-state index in [4.69, 9.17) is 4.74 Å². The minimum atomic E-state index is 0.122. The maximum Gasteiger partial charge on any atom is 0.228 e. The van der Waals surface area contributed by atoms with Crippen molar-refractivity contribution in [2.24, 2.45) is 23.8 Å². The molecule has 0 saturated heterocycles. The van der Waals surface area contributed by atoms with Crippen LogP contribution in [0.4, 0.5) is 0 Å². The lowest BCUT2D eigenvalue weighted by molar-refractivity contribution is -0.659. The van der Waals surface area contributed by atoms with Crippen molar-refractivity contribution < 1.29 is 9.30 Å². The van der Waals surface area contributed by atoms with Gasteiger partial charge in [0.15, 0.2) is 6.20 Å². The van der Waals surface area contributed by atoms with Crippen molar-refractivity contribution in [1.29, 1.82) is 0 Å². The molecule has 0 unspecified atom stereocenters. The highest BCUT2D eigenvalue weighted by atomic mass is 16.5. The summed E-state index contributed by atoms with van der Waals surface area (Å²) in [5.74, 6) is 2.88. The highest BCUT2D eigenvalue weighted by Crippen LogP contribution is 2.53. The van der Waals surface area contributed by atoms with Crippen LogP contribution in [0.5, 0.6) is 11.5 Å². The van der Waals surface area contributed by atoms with Crippen molar-refractivity contribution in [2.75, 3.05) is 0 Å². The van der Waals surface area contributed by atoms with E-state index in [1.807, 2.05) is 0 Å². The number of hydrogen-bond acceptors (Lipinski definition) is 1. The standard InChI is InChI=1S/C41H48NO/c1-25-32-21-28(23-40(2,3)4)14-16-30(32)34(24-41(5,6)7)39-36(25)38-37-31(17-18-42(38)8)33-20-27(19-26-11-9-10-12-26)13-15-29(33)22-35(37)43-39/h13-18,20-22,26H,9-12,19,23-24H2,1-8H3/q+1. The van der Waals surface area contributed by atoms with Gasteiger partial charge in [0, 0.05) is 17.0 Å². The third-order valence-corrected chi connectivity index (χ3v) is 9.84. The van der Waals surface area contributed by atoms with Gasteiger partial charge in [-0.1, -0.05) is 104 Å². The first-order valence-electron chi connectivity index (χ1n) is 16.5. The predicted octanol–water partition coefficient (Wildman–Crippen LogP) is 11.0. The minimum absolute atomic E-state index is 0.122. The van der Waals surface area contributed by atoms with Gasteiger partial charge in [-0.15, -0.1) is 0 Å². The summed E-state index contributed by atoms with van der Waals surface area (Å²) in [5.41, 5.74) is 8.45. The first-order valence-corrected chi connectivity index (χ1v) is 16.5. The number of ether oxygens (including phenoxy) is 1. The highest BCUT2D eigenvalue weighted by Gasteiger charge is 2.34. The van der Waals surface area contributed by atoms with Crippen LogP contribution in [0.3, 0.4) is 0 Å². The number of benzene rings is 4. The molecule has 43 heavy (non-hydrogen) atoms. The van der Waals surface area contributed by atoms with Crippen LogP contribution in [0.15, 0.2) is 54.7 Å². The summed E-state index contributed by atoms with van der Waals surface area (Å²) >= 11 is 0. The molecular weight excluding hydrogens is 522 g/mol. The van der Waals surface area contributed by atoms with Crippen molar-refractivity contribution in [1.82, 2.24) is 0 Å². The largest absolute Gasteiger partial charge is 0.455 e. The van der Waals surface area contributed by atoms with Gasteiger partial charge in [-0.25, -0.2) is 4.57 Å². The molecule has 0 spiro atoms. The average molecular weight is 571 g/mol. The fraction of sp³-hybridized carbons (Fsp3) is 0.439. The summed E-state index contributed by atoms with van der Waals surface area (Å²) in [6.07, 6.45) is 11.0. The predicted molar refractivity (Wildman–Crippen MR) is 182 cm³/mol. The second kappa shape index (κ2) is 10.1. The van der Waals surface area contributed by atoms with Crippen LogP contribution in [0.1, 0.15) is 89.5 Å². The third kappa shape index (κ3) is 5.11. The van der Waals surface area contributed by atoms with Crippen molar-refractivity contribution in [3.63, 3.8) is 0 Å². The Morgan fingerprint density at radius 1 is 0.767 bits per heavy atom. The van der Waals surface area contributed by atoms with Crippen LogP contribution in [-0.2, 0) is 26.3 Å². The van der Waals surface area contributed by atoms with Crippen molar-refractivity contribution in [3.05, 3.63) is 77.0 Å². The highest BCUT2D eigenvalue weighted by molar-refractivity contribution is 6.16. The lowest BCUT2D eigenvalue weighted by Gasteiger charge is -2.29. The SMILES string of the molecule is Cc1c2c(c(CC(C)(C)C)c3ccc(CC(C)(C)C)cc13)Oc1cc3ccc(CC4CCCC4)cc3c3cc[n+](C)c-2c13. The van der Waals surface area contributed by atoms with E-state index in [0.29, 0.717) is 0 Å². The Morgan fingerprint density at radius 3 is 2.19 bits per heavy atom. The summed E-state index contributed by atoms with van der Waals surface area (Å²) in [4.78, 5) is 0. The van der Waals surface area contributed by atoms with Gasteiger partial charge in [0.1, 0.15) is 18.5 Å². The molecular formula is C41H48NO+. The summed E-state index contributed by atoms with van der Waals surface area (Å²) in [5, 5.41) is 7.87. The topological polar surface area (TPSA) is 13.1 Å². The number of aromatic nitrogens is 1. The van der Waals surface area contributed by atoms with E-state index in [9.17, 15) is 0 Å². The van der Waals surface area contributed by atoms with Crippen molar-refractivity contribution in [3.8, 4) is 22.8 Å². The normalized spacial score (nSPS) is 15.4. The molecule has 0 amide bonds. The Kier molecular flexibility index (Phi) is 6.65. The minimum Gasteiger partial charge on any atom is -0.455 e. The number of nitrogens with zero attached hydrogens (tertiary/aromatic N) is 1. The number of fused-ring (bicyclic) bond motifs is 5. The van der Waals surface area contributed by atoms with Crippen LogP contribution >= 0.6 is 0 Å². The molecule has 4 aromatic carbocycles. The molecule has 2 heteroatoms. The average Bonchev–Trinajstić information content (AvgIpc) is 3.44. The van der Waals surface area contributed by atoms with E-state index in [1.54, 1.807) is 0 Å². The summed E-state index contributed by atoms with van der Waals surface area (Å²) in [7, 11) is 2.21. The molecule has 1 aromatic heterocycles. The Morgan fingerprint density at radius 2 is 1.47 bits per heavy atom. The molecule has 1 fully saturated rings. The number of rotatable bonds is 4. The number of pyridine rings is 1. The van der Waals surface area contributed by atoms with Gasteiger partial charge in [-0.05, 0) is 87.2 Å². The second-order valence-corrected chi connectivity index (χ2v) is 16.1. The van der Waals surface area contributed by atoms with Crippen molar-refractivity contribution >= 4 is 32.3 Å². The fourth-order valence-electron chi connectivity index (χ4n) is 8.03. The number of aryl methyl sites for hydroxylation is 2. The maximum absolute atomic E-state index is 7.11. The summed E-state index contributed by atoms with van der Waals surface area (Å²) in [6.45, 7) is 16.3. The summed E-state index contributed by atoms with van der Waals surface area (Å²) in [6, 6.07) is 19.0. The van der Waals surface area contributed by atoms with E-state index < -0.39 is 0 Å². The molecule has 0 atom stereocenters. The van der Waals surface area contributed by atoms with E-state index in [2.05, 4.69) is 115 Å². The van der Waals surface area contributed by atoms with E-state index in [0.717, 1.165) is 30.3 Å². The van der Waals surface area contributed by atoms with Gasteiger partial charge >= 0.3 is 0 Å². The van der Waals surface area contributed by atoms with Gasteiger partial charge in [0.25, 0.3) is 0 Å². The number of hydrogen-bond donors (Lipinski definition) is 0. The van der Waals surface area contributed by atoms with Gasteiger partial charge < -0.3 is 4.74 Å². The Labute approximate surface area is 258 Å². The smallest absolute Gasteiger partial charge is 0.228 e. The molecule has 5 aromatic rings. The molecule has 2 aliphatic rings. The van der Waals surface area contributed by atoms with Crippen LogP contribution in [0.2, 0.25) is 0 Å². The Bertz CT molecular complexity index is 1910. The summed E-state index contributed by atoms with van der Waals surface area (Å²) < 4.78 is 9.45. The molecule has 1 aliphatic heterocycles. The van der Waals surface area contributed by atoms with E-state index in [-0.39, 0.29) is 10.8 Å². The second-order valence-electron chi connectivity index (χ2n) is 16.1. The molecule has 0 bridgehead atoms. The van der Waals surface area contributed by atoms with Gasteiger partial charge in [0.05, 0.1) is 10.9 Å². The third-order valence-electron chi connectivity index (χ3n) is 9.84. The molecule has 1 saturated carbocycles. The molecule has 2 nitrogen and oxygen atoms in total. The van der Waals surface area contributed by atoms with Crippen LogP contribution < -0.4 is 9.30 Å². The molecule has 2 heterocycles. The first-order chi connectivity index (χ1) is 20.4. The van der Waals surface area contributed by atoms with Crippen LogP contribution in [0.25, 0.3) is 43.6 Å². The quantitative estimate of drug-likeness (QED) is 0.152. The maximum atomic E-state index is 7.11. The zero-order chi connectivity index (χ0) is 30.3. The van der Waals surface area contributed by atoms with Gasteiger partial charge in [-0.3, -0.25) is 0 Å². The Hall–Kier alpha value is -3.39. The Balaban J connectivity index is 1.51. The fourth-order valence-corrected chi connectivity index (χ4v) is 8.03. The van der Waals surface area contributed by atoms with Crippen LogP contribution in [-0.4, -0.2) is 0 Å². The lowest BCUT2D eigenvalue weighted by atomic mass is 9.80.